The molecule has 19 heavy (non-hydrogen) atoms. The number of halogens is 3. The van der Waals surface area contributed by atoms with Gasteiger partial charge in [0.15, 0.2) is 0 Å². The van der Waals surface area contributed by atoms with Crippen molar-refractivity contribution >= 4 is 39.9 Å². The van der Waals surface area contributed by atoms with E-state index in [4.69, 9.17) is 11.6 Å². The fourth-order valence-corrected chi connectivity index (χ4v) is 2.91. The molecule has 1 aromatic rings. The summed E-state index contributed by atoms with van der Waals surface area (Å²) in [6.07, 6.45) is 0.758. The van der Waals surface area contributed by atoms with Gasteiger partial charge in [0.25, 0.3) is 0 Å². The van der Waals surface area contributed by atoms with Gasteiger partial charge in [0.1, 0.15) is 0 Å². The van der Waals surface area contributed by atoms with Crippen molar-refractivity contribution in [1.29, 1.82) is 0 Å². The summed E-state index contributed by atoms with van der Waals surface area (Å²) in [5.74, 6) is 0. The summed E-state index contributed by atoms with van der Waals surface area (Å²) >= 11 is 9.49. The minimum absolute atomic E-state index is 0. The van der Waals surface area contributed by atoms with Crippen LogP contribution in [0, 0.1) is 0 Å². The number of hydrogen-bond acceptors (Lipinski definition) is 3. The van der Waals surface area contributed by atoms with E-state index in [9.17, 15) is 5.11 Å². The molecule has 1 fully saturated rings. The van der Waals surface area contributed by atoms with Crippen molar-refractivity contribution in [2.75, 3.05) is 32.8 Å². The second kappa shape index (κ2) is 8.45. The Morgan fingerprint density at radius 2 is 2.05 bits per heavy atom. The zero-order valence-corrected chi connectivity index (χ0v) is 13.8. The normalized spacial score (nSPS) is 17.8. The van der Waals surface area contributed by atoms with Crippen LogP contribution >= 0.6 is 39.9 Å². The summed E-state index contributed by atoms with van der Waals surface area (Å²) in [6, 6.07) is 6.29. The molecule has 1 atom stereocenters. The van der Waals surface area contributed by atoms with Crippen LogP contribution in [0.1, 0.15) is 18.0 Å². The fraction of sp³-hybridized carbons (Fsp3) is 0.538. The summed E-state index contributed by atoms with van der Waals surface area (Å²) in [7, 11) is 0. The molecule has 1 aromatic carbocycles. The van der Waals surface area contributed by atoms with E-state index in [0.29, 0.717) is 0 Å². The largest absolute Gasteiger partial charge is 0.396 e. The average Bonchev–Trinajstić information content (AvgIpc) is 2.40. The van der Waals surface area contributed by atoms with Gasteiger partial charge in [0.2, 0.25) is 0 Å². The molecule has 0 bridgehead atoms. The molecule has 0 amide bonds. The van der Waals surface area contributed by atoms with Crippen molar-refractivity contribution in [3.05, 3.63) is 33.3 Å². The Hall–Kier alpha value is 0.160. The maximum Gasteiger partial charge on any atom is 0.0548 e. The second-order valence-electron chi connectivity index (χ2n) is 4.49. The van der Waals surface area contributed by atoms with Gasteiger partial charge in [-0.1, -0.05) is 17.7 Å². The minimum Gasteiger partial charge on any atom is -0.396 e. The van der Waals surface area contributed by atoms with Crippen LogP contribution in [-0.2, 0) is 0 Å². The summed E-state index contributed by atoms with van der Waals surface area (Å²) in [4.78, 5) is 2.42. The Morgan fingerprint density at radius 3 is 2.63 bits per heavy atom. The first-order chi connectivity index (χ1) is 8.72. The summed E-state index contributed by atoms with van der Waals surface area (Å²) < 4.78 is 0.916. The highest BCUT2D eigenvalue weighted by atomic mass is 79.9. The van der Waals surface area contributed by atoms with E-state index in [-0.39, 0.29) is 25.1 Å². The van der Waals surface area contributed by atoms with Gasteiger partial charge in [-0.2, -0.15) is 0 Å². The molecule has 0 aliphatic carbocycles. The Kier molecular flexibility index (Phi) is 7.65. The molecule has 6 heteroatoms. The van der Waals surface area contributed by atoms with Gasteiger partial charge < -0.3 is 10.4 Å². The SMILES string of the molecule is Cl.OCC[C@@H](c1ccc(Cl)c(Br)c1)N1CCNCC1. The molecule has 1 aliphatic heterocycles. The quantitative estimate of drug-likeness (QED) is 0.856. The van der Waals surface area contributed by atoms with Crippen molar-refractivity contribution in [2.45, 2.75) is 12.5 Å². The molecule has 0 radical (unpaired) electrons. The number of hydrogen-bond donors (Lipinski definition) is 2. The van der Waals surface area contributed by atoms with Crippen molar-refractivity contribution in [2.24, 2.45) is 0 Å². The lowest BCUT2D eigenvalue weighted by Crippen LogP contribution is -2.45. The molecule has 1 heterocycles. The molecule has 1 aliphatic rings. The summed E-state index contributed by atoms with van der Waals surface area (Å²) in [5.41, 5.74) is 1.21. The smallest absolute Gasteiger partial charge is 0.0548 e. The molecule has 0 spiro atoms. The topological polar surface area (TPSA) is 35.5 Å². The van der Waals surface area contributed by atoms with Gasteiger partial charge in [0, 0.05) is 43.3 Å². The number of piperazine rings is 1. The average molecular weight is 370 g/mol. The predicted molar refractivity (Wildman–Crippen MR) is 85.3 cm³/mol. The van der Waals surface area contributed by atoms with E-state index in [1.54, 1.807) is 0 Å². The Morgan fingerprint density at radius 1 is 1.37 bits per heavy atom. The first-order valence-corrected chi connectivity index (χ1v) is 7.40. The fourth-order valence-electron chi connectivity index (χ4n) is 2.40. The summed E-state index contributed by atoms with van der Waals surface area (Å²) in [5, 5.41) is 13.3. The third-order valence-corrected chi connectivity index (χ3v) is 4.54. The van der Waals surface area contributed by atoms with E-state index in [2.05, 4.69) is 38.3 Å². The predicted octanol–water partition coefficient (Wildman–Crippen LogP) is 2.85. The Balaban J connectivity index is 0.00000180. The molecule has 0 aromatic heterocycles. The van der Waals surface area contributed by atoms with Gasteiger partial charge in [-0.3, -0.25) is 4.90 Å². The van der Waals surface area contributed by atoms with Crippen molar-refractivity contribution in [3.8, 4) is 0 Å². The molecule has 108 valence electrons. The van der Waals surface area contributed by atoms with Gasteiger partial charge in [-0.15, -0.1) is 12.4 Å². The first-order valence-electron chi connectivity index (χ1n) is 6.23. The van der Waals surface area contributed by atoms with Crippen LogP contribution in [0.25, 0.3) is 0 Å². The second-order valence-corrected chi connectivity index (χ2v) is 5.75. The van der Waals surface area contributed by atoms with E-state index in [1.807, 2.05) is 6.07 Å². The summed E-state index contributed by atoms with van der Waals surface area (Å²) in [6.45, 7) is 4.26. The molecular weight excluding hydrogens is 351 g/mol. The van der Waals surface area contributed by atoms with E-state index in [1.165, 1.54) is 5.56 Å². The third kappa shape index (κ3) is 4.59. The standard InChI is InChI=1S/C13H18BrClN2O.ClH/c14-11-9-10(1-2-12(11)15)13(3-8-18)17-6-4-16-5-7-17;/h1-2,9,13,16,18H,3-8H2;1H/t13-;/m0./s1. The van der Waals surface area contributed by atoms with Crippen LogP contribution < -0.4 is 5.32 Å². The lowest BCUT2D eigenvalue weighted by atomic mass is 10.0. The maximum absolute atomic E-state index is 9.27. The van der Waals surface area contributed by atoms with E-state index in [0.717, 1.165) is 42.1 Å². The molecule has 1 saturated heterocycles. The van der Waals surface area contributed by atoms with Crippen molar-refractivity contribution in [3.63, 3.8) is 0 Å². The highest BCUT2D eigenvalue weighted by Crippen LogP contribution is 2.30. The molecule has 3 nitrogen and oxygen atoms in total. The van der Waals surface area contributed by atoms with Gasteiger partial charge in [-0.05, 0) is 40.0 Å². The van der Waals surface area contributed by atoms with Gasteiger partial charge >= 0.3 is 0 Å². The molecule has 0 unspecified atom stereocenters. The first kappa shape index (κ1) is 17.2. The third-order valence-electron chi connectivity index (χ3n) is 3.32. The van der Waals surface area contributed by atoms with Gasteiger partial charge in [0.05, 0.1) is 5.02 Å². The van der Waals surface area contributed by atoms with Crippen LogP contribution in [0.3, 0.4) is 0 Å². The van der Waals surface area contributed by atoms with Crippen molar-refractivity contribution < 1.29 is 5.11 Å². The number of rotatable bonds is 4. The van der Waals surface area contributed by atoms with E-state index < -0.39 is 0 Å². The van der Waals surface area contributed by atoms with Crippen LogP contribution in [0.5, 0.6) is 0 Å². The molecule has 2 N–H and O–H groups in total. The van der Waals surface area contributed by atoms with Crippen LogP contribution in [-0.4, -0.2) is 42.8 Å². The van der Waals surface area contributed by atoms with E-state index >= 15 is 0 Å². The number of nitrogens with zero attached hydrogens (tertiary/aromatic N) is 1. The molecular formula is C13H19BrCl2N2O. The molecule has 0 saturated carbocycles. The van der Waals surface area contributed by atoms with Crippen molar-refractivity contribution in [1.82, 2.24) is 10.2 Å². The van der Waals surface area contributed by atoms with Crippen LogP contribution in [0.4, 0.5) is 0 Å². The van der Waals surface area contributed by atoms with Crippen LogP contribution in [0.15, 0.2) is 22.7 Å². The lowest BCUT2D eigenvalue weighted by molar-refractivity contribution is 0.141. The zero-order valence-electron chi connectivity index (χ0n) is 10.6. The minimum atomic E-state index is 0. The highest BCUT2D eigenvalue weighted by Gasteiger charge is 2.22. The van der Waals surface area contributed by atoms with Gasteiger partial charge in [-0.25, -0.2) is 0 Å². The number of benzene rings is 1. The highest BCUT2D eigenvalue weighted by molar-refractivity contribution is 9.10. The van der Waals surface area contributed by atoms with Crippen LogP contribution in [0.2, 0.25) is 5.02 Å². The number of nitrogens with one attached hydrogen (secondary N) is 1. The number of aliphatic hydroxyl groups is 1. The maximum atomic E-state index is 9.27. The Bertz CT molecular complexity index is 400. The number of aliphatic hydroxyl groups excluding tert-OH is 1. The monoisotopic (exact) mass is 368 g/mol. The molecule has 2 rings (SSSR count). The zero-order chi connectivity index (χ0) is 13.0. The Labute approximate surface area is 133 Å². The lowest BCUT2D eigenvalue weighted by Gasteiger charge is -2.35.